The van der Waals surface area contributed by atoms with Gasteiger partial charge in [0.05, 0.1) is 6.04 Å². The van der Waals surface area contributed by atoms with Crippen LogP contribution in [-0.4, -0.2) is 31.6 Å². The zero-order valence-electron chi connectivity index (χ0n) is 7.59. The van der Waals surface area contributed by atoms with Crippen LogP contribution < -0.4 is 5.32 Å². The standard InChI is InChI=1S/C9H13BrN2S/c1-12-3-2-11-8(5-12)9-4-7(10)6-13-9/h4,6,8,11H,2-3,5H2,1H3. The van der Waals surface area contributed by atoms with Crippen molar-refractivity contribution in [1.82, 2.24) is 10.2 Å². The van der Waals surface area contributed by atoms with Crippen LogP contribution in [0.1, 0.15) is 10.9 Å². The number of rotatable bonds is 1. The Morgan fingerprint density at radius 3 is 3.15 bits per heavy atom. The Balaban J connectivity index is 2.08. The van der Waals surface area contributed by atoms with Crippen molar-refractivity contribution in [2.45, 2.75) is 6.04 Å². The molecule has 0 aliphatic carbocycles. The van der Waals surface area contributed by atoms with Crippen LogP contribution in [-0.2, 0) is 0 Å². The van der Waals surface area contributed by atoms with Gasteiger partial charge in [0.15, 0.2) is 0 Å². The lowest BCUT2D eigenvalue weighted by atomic mass is 10.2. The Morgan fingerprint density at radius 2 is 2.54 bits per heavy atom. The fraction of sp³-hybridized carbons (Fsp3) is 0.556. The van der Waals surface area contributed by atoms with Gasteiger partial charge in [-0.05, 0) is 29.0 Å². The van der Waals surface area contributed by atoms with E-state index in [-0.39, 0.29) is 0 Å². The Kier molecular flexibility index (Phi) is 3.03. The quantitative estimate of drug-likeness (QED) is 0.832. The number of hydrogen-bond donors (Lipinski definition) is 1. The summed E-state index contributed by atoms with van der Waals surface area (Å²) in [5.41, 5.74) is 0. The zero-order valence-corrected chi connectivity index (χ0v) is 9.99. The first-order valence-electron chi connectivity index (χ1n) is 4.41. The number of nitrogens with one attached hydrogen (secondary N) is 1. The smallest absolute Gasteiger partial charge is 0.0544 e. The van der Waals surface area contributed by atoms with E-state index >= 15 is 0 Å². The van der Waals surface area contributed by atoms with E-state index in [1.807, 2.05) is 11.3 Å². The first-order valence-corrected chi connectivity index (χ1v) is 6.09. The van der Waals surface area contributed by atoms with E-state index < -0.39 is 0 Å². The van der Waals surface area contributed by atoms with E-state index in [0.29, 0.717) is 6.04 Å². The summed E-state index contributed by atoms with van der Waals surface area (Å²) in [7, 11) is 2.18. The van der Waals surface area contributed by atoms with E-state index in [2.05, 4.69) is 44.6 Å². The summed E-state index contributed by atoms with van der Waals surface area (Å²) in [6.45, 7) is 3.37. The Morgan fingerprint density at radius 1 is 1.69 bits per heavy atom. The van der Waals surface area contributed by atoms with Crippen LogP contribution in [0.5, 0.6) is 0 Å². The number of likely N-dealkylation sites (N-methyl/N-ethyl adjacent to an activating group) is 1. The first kappa shape index (κ1) is 9.65. The van der Waals surface area contributed by atoms with Gasteiger partial charge in [-0.25, -0.2) is 0 Å². The second-order valence-electron chi connectivity index (χ2n) is 3.44. The maximum atomic E-state index is 3.53. The number of halogens is 1. The number of thiophene rings is 1. The van der Waals surface area contributed by atoms with Crippen molar-refractivity contribution in [3.63, 3.8) is 0 Å². The summed E-state index contributed by atoms with van der Waals surface area (Å²) in [5, 5.41) is 5.67. The highest BCUT2D eigenvalue weighted by atomic mass is 79.9. The predicted octanol–water partition coefficient (Wildman–Crippen LogP) is 2.09. The molecule has 0 radical (unpaired) electrons. The lowest BCUT2D eigenvalue weighted by Crippen LogP contribution is -2.43. The Labute approximate surface area is 91.1 Å². The highest BCUT2D eigenvalue weighted by molar-refractivity contribution is 9.10. The molecule has 1 atom stereocenters. The molecule has 4 heteroatoms. The molecule has 1 aromatic rings. The molecule has 1 aliphatic heterocycles. The third-order valence-electron chi connectivity index (χ3n) is 2.31. The second-order valence-corrected chi connectivity index (χ2v) is 5.29. The molecule has 1 N–H and O–H groups in total. The molecule has 1 saturated heterocycles. The van der Waals surface area contributed by atoms with Crippen LogP contribution in [0.25, 0.3) is 0 Å². The van der Waals surface area contributed by atoms with Gasteiger partial charge in [0.1, 0.15) is 0 Å². The van der Waals surface area contributed by atoms with Gasteiger partial charge < -0.3 is 10.2 Å². The summed E-state index contributed by atoms with van der Waals surface area (Å²) in [6.07, 6.45) is 0. The average Bonchev–Trinajstić information content (AvgIpc) is 2.52. The summed E-state index contributed by atoms with van der Waals surface area (Å²) >= 11 is 5.30. The third kappa shape index (κ3) is 2.31. The lowest BCUT2D eigenvalue weighted by Gasteiger charge is -2.30. The molecule has 0 spiro atoms. The maximum Gasteiger partial charge on any atom is 0.0544 e. The zero-order chi connectivity index (χ0) is 9.26. The topological polar surface area (TPSA) is 15.3 Å². The van der Waals surface area contributed by atoms with Crippen molar-refractivity contribution in [3.8, 4) is 0 Å². The van der Waals surface area contributed by atoms with E-state index in [1.54, 1.807) is 0 Å². The van der Waals surface area contributed by atoms with Gasteiger partial charge in [0, 0.05) is 34.4 Å². The van der Waals surface area contributed by atoms with Gasteiger partial charge in [0.2, 0.25) is 0 Å². The normalized spacial score (nSPS) is 24.9. The Hall–Kier alpha value is 0.1000. The predicted molar refractivity (Wildman–Crippen MR) is 60.3 cm³/mol. The summed E-state index contributed by atoms with van der Waals surface area (Å²) in [5.74, 6) is 0. The minimum absolute atomic E-state index is 0.523. The van der Waals surface area contributed by atoms with Crippen LogP contribution in [0.2, 0.25) is 0 Å². The second kappa shape index (κ2) is 4.09. The van der Waals surface area contributed by atoms with E-state index in [0.717, 1.165) is 19.6 Å². The van der Waals surface area contributed by atoms with E-state index in [1.165, 1.54) is 9.35 Å². The highest BCUT2D eigenvalue weighted by Gasteiger charge is 2.18. The van der Waals surface area contributed by atoms with Gasteiger partial charge in [-0.15, -0.1) is 11.3 Å². The molecule has 0 saturated carbocycles. The van der Waals surface area contributed by atoms with Gasteiger partial charge in [-0.1, -0.05) is 0 Å². The summed E-state index contributed by atoms with van der Waals surface area (Å²) in [6, 6.07) is 2.73. The van der Waals surface area contributed by atoms with Crippen LogP contribution in [0.3, 0.4) is 0 Å². The van der Waals surface area contributed by atoms with Crippen LogP contribution in [0.4, 0.5) is 0 Å². The molecule has 0 aromatic carbocycles. The minimum Gasteiger partial charge on any atom is -0.307 e. The van der Waals surface area contributed by atoms with Crippen LogP contribution in [0, 0.1) is 0 Å². The Bertz CT molecular complexity index is 287. The first-order chi connectivity index (χ1) is 6.25. The molecule has 2 nitrogen and oxygen atoms in total. The fourth-order valence-electron chi connectivity index (χ4n) is 1.60. The molecule has 0 bridgehead atoms. The summed E-state index contributed by atoms with van der Waals surface area (Å²) < 4.78 is 1.20. The van der Waals surface area contributed by atoms with Crippen molar-refractivity contribution in [2.24, 2.45) is 0 Å². The van der Waals surface area contributed by atoms with Gasteiger partial charge in [-0.2, -0.15) is 0 Å². The molecule has 13 heavy (non-hydrogen) atoms. The van der Waals surface area contributed by atoms with Gasteiger partial charge in [0.25, 0.3) is 0 Å². The fourth-order valence-corrected chi connectivity index (χ4v) is 3.11. The van der Waals surface area contributed by atoms with Crippen LogP contribution in [0.15, 0.2) is 15.9 Å². The molecule has 72 valence electrons. The third-order valence-corrected chi connectivity index (χ3v) is 4.12. The van der Waals surface area contributed by atoms with E-state index in [9.17, 15) is 0 Å². The number of hydrogen-bond acceptors (Lipinski definition) is 3. The lowest BCUT2D eigenvalue weighted by molar-refractivity contribution is 0.243. The van der Waals surface area contributed by atoms with Gasteiger partial charge >= 0.3 is 0 Å². The molecule has 2 heterocycles. The van der Waals surface area contributed by atoms with E-state index in [4.69, 9.17) is 0 Å². The maximum absolute atomic E-state index is 3.53. The molecule has 1 unspecified atom stereocenters. The number of piperazine rings is 1. The molecule has 1 aromatic heterocycles. The average molecular weight is 261 g/mol. The number of nitrogens with zero attached hydrogens (tertiary/aromatic N) is 1. The molecule has 2 rings (SSSR count). The van der Waals surface area contributed by atoms with Crippen molar-refractivity contribution in [1.29, 1.82) is 0 Å². The molecular formula is C9H13BrN2S. The largest absolute Gasteiger partial charge is 0.307 e. The van der Waals surface area contributed by atoms with Gasteiger partial charge in [-0.3, -0.25) is 0 Å². The molecular weight excluding hydrogens is 248 g/mol. The van der Waals surface area contributed by atoms with Crippen molar-refractivity contribution >= 4 is 27.3 Å². The van der Waals surface area contributed by atoms with Crippen LogP contribution >= 0.6 is 27.3 Å². The van der Waals surface area contributed by atoms with Crippen molar-refractivity contribution in [3.05, 3.63) is 20.8 Å². The minimum atomic E-state index is 0.523. The molecule has 1 aliphatic rings. The highest BCUT2D eigenvalue weighted by Crippen LogP contribution is 2.26. The van der Waals surface area contributed by atoms with Crippen molar-refractivity contribution in [2.75, 3.05) is 26.7 Å². The SMILES string of the molecule is CN1CCNC(c2cc(Br)cs2)C1. The molecule has 0 amide bonds. The monoisotopic (exact) mass is 260 g/mol. The van der Waals surface area contributed by atoms with Crippen molar-refractivity contribution < 1.29 is 0 Å². The summed E-state index contributed by atoms with van der Waals surface area (Å²) in [4.78, 5) is 3.80. The molecule has 1 fully saturated rings.